The zero-order chi connectivity index (χ0) is 23.4. The summed E-state index contributed by atoms with van der Waals surface area (Å²) in [5.41, 5.74) is 1.55. The highest BCUT2D eigenvalue weighted by Crippen LogP contribution is 2.31. The fourth-order valence-electron chi connectivity index (χ4n) is 3.73. The average Bonchev–Trinajstić information content (AvgIpc) is 3.36. The van der Waals surface area contributed by atoms with Gasteiger partial charge in [-0.25, -0.2) is 8.42 Å². The molecule has 0 spiro atoms. The van der Waals surface area contributed by atoms with Crippen LogP contribution in [0.3, 0.4) is 0 Å². The van der Waals surface area contributed by atoms with Crippen LogP contribution in [0.2, 0.25) is 0 Å². The monoisotopic (exact) mass is 487 g/mol. The van der Waals surface area contributed by atoms with Gasteiger partial charge in [-0.05, 0) is 35.7 Å². The molecule has 174 valence electrons. The van der Waals surface area contributed by atoms with Gasteiger partial charge in [0.2, 0.25) is 10.0 Å². The molecule has 1 amide bonds. The molecule has 1 fully saturated rings. The summed E-state index contributed by atoms with van der Waals surface area (Å²) >= 11 is 1.10. The zero-order valence-electron chi connectivity index (χ0n) is 18.4. The van der Waals surface area contributed by atoms with Crippen molar-refractivity contribution in [3.05, 3.63) is 64.9 Å². The minimum Gasteiger partial charge on any atom is -0.493 e. The lowest BCUT2D eigenvalue weighted by Crippen LogP contribution is -2.48. The molecule has 0 bridgehead atoms. The van der Waals surface area contributed by atoms with Gasteiger partial charge in [-0.3, -0.25) is 4.79 Å². The van der Waals surface area contributed by atoms with Crippen molar-refractivity contribution in [1.29, 1.82) is 0 Å². The van der Waals surface area contributed by atoms with E-state index in [0.717, 1.165) is 17.0 Å². The number of rotatable bonds is 7. The SMILES string of the molecule is COc1ccc(NC(=O)c2sccc2S(=O)(=O)N2CCN(c3ccccc3)CC2)cc1OC. The Kier molecular flexibility index (Phi) is 6.87. The van der Waals surface area contributed by atoms with Crippen molar-refractivity contribution in [1.82, 2.24) is 4.31 Å². The van der Waals surface area contributed by atoms with E-state index >= 15 is 0 Å². The summed E-state index contributed by atoms with van der Waals surface area (Å²) in [4.78, 5) is 15.3. The number of para-hydroxylation sites is 1. The van der Waals surface area contributed by atoms with E-state index in [1.807, 2.05) is 30.3 Å². The van der Waals surface area contributed by atoms with E-state index in [1.165, 1.54) is 24.6 Å². The van der Waals surface area contributed by atoms with Gasteiger partial charge in [0.25, 0.3) is 5.91 Å². The highest BCUT2D eigenvalue weighted by molar-refractivity contribution is 7.89. The third kappa shape index (κ3) is 4.82. The second-order valence-electron chi connectivity index (χ2n) is 7.36. The second-order valence-corrected chi connectivity index (χ2v) is 10.2. The molecule has 2 aromatic carbocycles. The minimum absolute atomic E-state index is 0.0265. The van der Waals surface area contributed by atoms with Crippen LogP contribution in [0, 0.1) is 0 Å². The Morgan fingerprint density at radius 1 is 0.939 bits per heavy atom. The Balaban J connectivity index is 1.49. The first kappa shape index (κ1) is 23.1. The maximum Gasteiger partial charge on any atom is 0.267 e. The van der Waals surface area contributed by atoms with Crippen LogP contribution in [0.1, 0.15) is 9.67 Å². The van der Waals surface area contributed by atoms with Crippen LogP contribution < -0.4 is 19.7 Å². The molecule has 1 aliphatic heterocycles. The van der Waals surface area contributed by atoms with E-state index in [4.69, 9.17) is 9.47 Å². The molecule has 1 aromatic heterocycles. The molecule has 10 heteroatoms. The van der Waals surface area contributed by atoms with Crippen LogP contribution >= 0.6 is 11.3 Å². The highest BCUT2D eigenvalue weighted by Gasteiger charge is 2.32. The van der Waals surface area contributed by atoms with Crippen molar-refractivity contribution in [2.24, 2.45) is 0 Å². The van der Waals surface area contributed by atoms with Crippen molar-refractivity contribution in [3.8, 4) is 11.5 Å². The van der Waals surface area contributed by atoms with Crippen LogP contribution in [-0.4, -0.2) is 59.0 Å². The Morgan fingerprint density at radius 2 is 1.64 bits per heavy atom. The lowest BCUT2D eigenvalue weighted by Gasteiger charge is -2.35. The van der Waals surface area contributed by atoms with Gasteiger partial charge in [-0.1, -0.05) is 18.2 Å². The summed E-state index contributed by atoms with van der Waals surface area (Å²) in [5, 5.41) is 4.38. The van der Waals surface area contributed by atoms with Gasteiger partial charge < -0.3 is 19.7 Å². The van der Waals surface area contributed by atoms with Gasteiger partial charge in [-0.2, -0.15) is 4.31 Å². The molecule has 0 unspecified atom stereocenters. The molecule has 0 radical (unpaired) electrons. The van der Waals surface area contributed by atoms with Crippen LogP contribution in [-0.2, 0) is 10.0 Å². The maximum atomic E-state index is 13.4. The van der Waals surface area contributed by atoms with E-state index in [2.05, 4.69) is 10.2 Å². The van der Waals surface area contributed by atoms with E-state index in [-0.39, 0.29) is 9.77 Å². The van der Waals surface area contributed by atoms with E-state index in [1.54, 1.807) is 23.6 Å². The number of hydrogen-bond donors (Lipinski definition) is 1. The van der Waals surface area contributed by atoms with Gasteiger partial charge in [0.15, 0.2) is 11.5 Å². The maximum absolute atomic E-state index is 13.4. The van der Waals surface area contributed by atoms with Gasteiger partial charge in [0, 0.05) is 43.6 Å². The van der Waals surface area contributed by atoms with Gasteiger partial charge in [-0.15, -0.1) is 11.3 Å². The molecule has 1 aliphatic rings. The van der Waals surface area contributed by atoms with Crippen molar-refractivity contribution < 1.29 is 22.7 Å². The van der Waals surface area contributed by atoms with Crippen LogP contribution in [0.5, 0.6) is 11.5 Å². The topological polar surface area (TPSA) is 88.2 Å². The number of nitrogens with zero attached hydrogens (tertiary/aromatic N) is 2. The van der Waals surface area contributed by atoms with Crippen molar-refractivity contribution in [2.75, 3.05) is 50.6 Å². The molecular formula is C23H25N3O5S2. The van der Waals surface area contributed by atoms with E-state index in [0.29, 0.717) is 43.4 Å². The Bertz CT molecular complexity index is 1220. The number of carbonyl (C=O) groups is 1. The molecule has 0 aliphatic carbocycles. The van der Waals surface area contributed by atoms with Gasteiger partial charge in [0.05, 0.1) is 14.2 Å². The largest absolute Gasteiger partial charge is 0.493 e. The third-order valence-corrected chi connectivity index (χ3v) is 8.44. The second kappa shape index (κ2) is 9.82. The van der Waals surface area contributed by atoms with Gasteiger partial charge >= 0.3 is 0 Å². The first-order chi connectivity index (χ1) is 15.9. The normalized spacial score (nSPS) is 14.7. The number of carbonyl (C=O) groups excluding carboxylic acids is 1. The molecule has 1 N–H and O–H groups in total. The van der Waals surface area contributed by atoms with Crippen LogP contribution in [0.4, 0.5) is 11.4 Å². The zero-order valence-corrected chi connectivity index (χ0v) is 20.0. The number of hydrogen-bond acceptors (Lipinski definition) is 7. The number of ether oxygens (including phenoxy) is 2. The quantitative estimate of drug-likeness (QED) is 0.549. The van der Waals surface area contributed by atoms with Crippen LogP contribution in [0.25, 0.3) is 0 Å². The standard InChI is InChI=1S/C23H25N3O5S2/c1-30-19-9-8-17(16-20(19)31-2)24-23(27)22-21(10-15-32-22)33(28,29)26-13-11-25(12-14-26)18-6-4-3-5-7-18/h3-10,15-16H,11-14H2,1-2H3,(H,24,27). The molecule has 2 heterocycles. The smallest absolute Gasteiger partial charge is 0.267 e. The predicted octanol–water partition coefficient (Wildman–Crippen LogP) is 3.53. The van der Waals surface area contributed by atoms with Crippen LogP contribution in [0.15, 0.2) is 64.9 Å². The number of sulfonamides is 1. The Hall–Kier alpha value is -3.08. The first-order valence-corrected chi connectivity index (χ1v) is 12.7. The lowest BCUT2D eigenvalue weighted by atomic mass is 10.2. The molecule has 3 aromatic rings. The predicted molar refractivity (Wildman–Crippen MR) is 129 cm³/mol. The van der Waals surface area contributed by atoms with E-state index in [9.17, 15) is 13.2 Å². The van der Waals surface area contributed by atoms with E-state index < -0.39 is 15.9 Å². The molecule has 0 saturated carbocycles. The van der Waals surface area contributed by atoms with Gasteiger partial charge in [0.1, 0.15) is 9.77 Å². The lowest BCUT2D eigenvalue weighted by molar-refractivity contribution is 0.102. The Labute approximate surface area is 197 Å². The van der Waals surface area contributed by atoms with Crippen molar-refractivity contribution in [3.63, 3.8) is 0 Å². The minimum atomic E-state index is -3.80. The number of piperazine rings is 1. The Morgan fingerprint density at radius 3 is 2.30 bits per heavy atom. The summed E-state index contributed by atoms with van der Waals surface area (Å²) in [7, 11) is -0.773. The molecule has 0 atom stereocenters. The number of methoxy groups -OCH3 is 2. The number of amides is 1. The summed E-state index contributed by atoms with van der Waals surface area (Å²) in [6.45, 7) is 1.87. The molecule has 1 saturated heterocycles. The fraction of sp³-hybridized carbons (Fsp3) is 0.261. The molecule has 4 rings (SSSR count). The number of thiophene rings is 1. The average molecular weight is 488 g/mol. The molecular weight excluding hydrogens is 462 g/mol. The third-order valence-electron chi connectivity index (χ3n) is 5.45. The van der Waals surface area contributed by atoms with Crippen molar-refractivity contribution >= 4 is 38.6 Å². The summed E-state index contributed by atoms with van der Waals surface area (Å²) < 4.78 is 38.6. The summed E-state index contributed by atoms with van der Waals surface area (Å²) in [5.74, 6) is 0.508. The summed E-state index contributed by atoms with van der Waals surface area (Å²) in [6, 6.07) is 16.4. The number of benzene rings is 2. The highest BCUT2D eigenvalue weighted by atomic mass is 32.2. The number of anilines is 2. The number of nitrogens with one attached hydrogen (secondary N) is 1. The van der Waals surface area contributed by atoms with Crippen molar-refractivity contribution in [2.45, 2.75) is 4.90 Å². The molecule has 33 heavy (non-hydrogen) atoms. The molecule has 8 nitrogen and oxygen atoms in total. The fourth-order valence-corrected chi connectivity index (χ4v) is 6.45. The first-order valence-electron chi connectivity index (χ1n) is 10.3. The summed E-state index contributed by atoms with van der Waals surface area (Å²) in [6.07, 6.45) is 0.